The lowest BCUT2D eigenvalue weighted by Crippen LogP contribution is -2.11. The average molecular weight is 628 g/mol. The highest BCUT2D eigenvalue weighted by molar-refractivity contribution is 6.20. The number of anilines is 3. The Morgan fingerprint density at radius 1 is 0.469 bits per heavy atom. The van der Waals surface area contributed by atoms with Crippen LogP contribution in [0.25, 0.3) is 71.5 Å². The largest absolute Gasteiger partial charge is 0.454 e. The Kier molecular flexibility index (Phi) is 6.15. The first kappa shape index (κ1) is 27.5. The Balaban J connectivity index is 1.23. The lowest BCUT2D eigenvalue weighted by molar-refractivity contribution is 0.667. The minimum absolute atomic E-state index is 0.791. The van der Waals surface area contributed by atoms with Crippen molar-refractivity contribution in [1.29, 1.82) is 0 Å². The van der Waals surface area contributed by atoms with Gasteiger partial charge in [0.15, 0.2) is 5.58 Å². The van der Waals surface area contributed by atoms with E-state index in [0.717, 1.165) is 61.1 Å². The number of para-hydroxylation sites is 4. The van der Waals surface area contributed by atoms with Crippen LogP contribution in [0.4, 0.5) is 17.1 Å². The summed E-state index contributed by atoms with van der Waals surface area (Å²) in [4.78, 5) is 7.40. The van der Waals surface area contributed by atoms with Gasteiger partial charge in [-0.25, -0.2) is 0 Å². The number of hydrogen-bond acceptors (Lipinski definition) is 3. The van der Waals surface area contributed by atoms with Crippen LogP contribution in [0.1, 0.15) is 0 Å². The molecule has 4 nitrogen and oxygen atoms in total. The minimum atomic E-state index is 0.791. The van der Waals surface area contributed by atoms with E-state index < -0.39 is 0 Å². The summed E-state index contributed by atoms with van der Waals surface area (Å²) in [6.07, 6.45) is 1.87. The van der Waals surface area contributed by atoms with Crippen molar-refractivity contribution < 1.29 is 4.42 Å². The predicted octanol–water partition coefficient (Wildman–Crippen LogP) is 12.4. The topological polar surface area (TPSA) is 34.2 Å². The van der Waals surface area contributed by atoms with Crippen LogP contribution in [-0.4, -0.2) is 9.55 Å². The lowest BCUT2D eigenvalue weighted by atomic mass is 10.0. The van der Waals surface area contributed by atoms with E-state index in [1.54, 1.807) is 0 Å². The van der Waals surface area contributed by atoms with Gasteiger partial charge in [-0.2, -0.15) is 0 Å². The maximum Gasteiger partial charge on any atom is 0.154 e. The van der Waals surface area contributed by atoms with E-state index in [1.807, 2.05) is 18.3 Å². The first-order valence-corrected chi connectivity index (χ1v) is 16.5. The lowest BCUT2D eigenvalue weighted by Gasteiger charge is -2.27. The molecule has 0 atom stereocenters. The molecule has 0 fully saturated rings. The van der Waals surface area contributed by atoms with Crippen LogP contribution in [0.2, 0.25) is 0 Å². The second kappa shape index (κ2) is 11.0. The number of fused-ring (bicyclic) bond motifs is 8. The predicted molar refractivity (Wildman–Crippen MR) is 203 cm³/mol. The maximum atomic E-state index is 6.23. The van der Waals surface area contributed by atoms with Crippen LogP contribution in [0.3, 0.4) is 0 Å². The number of pyridine rings is 1. The Bertz CT molecular complexity index is 2820. The highest BCUT2D eigenvalue weighted by atomic mass is 16.3. The van der Waals surface area contributed by atoms with Gasteiger partial charge in [-0.15, -0.1) is 0 Å². The van der Waals surface area contributed by atoms with Gasteiger partial charge < -0.3 is 13.9 Å². The quantitative estimate of drug-likeness (QED) is 0.190. The first-order valence-electron chi connectivity index (χ1n) is 16.5. The number of rotatable bonds is 5. The van der Waals surface area contributed by atoms with Gasteiger partial charge >= 0.3 is 0 Å². The Morgan fingerprint density at radius 2 is 1.12 bits per heavy atom. The second-order valence-corrected chi connectivity index (χ2v) is 12.4. The van der Waals surface area contributed by atoms with Gasteiger partial charge in [0.05, 0.1) is 28.4 Å². The molecule has 230 valence electrons. The van der Waals surface area contributed by atoms with Crippen LogP contribution < -0.4 is 4.90 Å². The minimum Gasteiger partial charge on any atom is -0.454 e. The Hall–Kier alpha value is -6.65. The van der Waals surface area contributed by atoms with Crippen LogP contribution in [0, 0.1) is 0 Å². The number of nitrogens with zero attached hydrogens (tertiary/aromatic N) is 3. The third-order valence-corrected chi connectivity index (χ3v) is 9.62. The number of hydrogen-bond donors (Lipinski definition) is 0. The molecule has 0 unspecified atom stereocenters. The number of furan rings is 1. The maximum absolute atomic E-state index is 6.23. The van der Waals surface area contributed by atoms with Gasteiger partial charge in [-0.1, -0.05) is 109 Å². The third kappa shape index (κ3) is 4.35. The number of aromatic nitrogens is 2. The normalized spacial score (nSPS) is 11.7. The summed E-state index contributed by atoms with van der Waals surface area (Å²) in [6, 6.07) is 60.1. The zero-order valence-electron chi connectivity index (χ0n) is 26.5. The van der Waals surface area contributed by atoms with Crippen molar-refractivity contribution in [2.45, 2.75) is 0 Å². The molecule has 10 aromatic rings. The van der Waals surface area contributed by atoms with Gasteiger partial charge in [-0.05, 0) is 71.8 Å². The Morgan fingerprint density at radius 3 is 1.96 bits per heavy atom. The third-order valence-electron chi connectivity index (χ3n) is 9.62. The smallest absolute Gasteiger partial charge is 0.154 e. The van der Waals surface area contributed by atoms with Gasteiger partial charge in [-0.3, -0.25) is 4.98 Å². The molecule has 10 rings (SSSR count). The molecule has 0 aliphatic carbocycles. The molecule has 0 amide bonds. The first-order chi connectivity index (χ1) is 24.3. The molecule has 0 aliphatic heterocycles. The van der Waals surface area contributed by atoms with E-state index in [2.05, 4.69) is 167 Å². The summed E-state index contributed by atoms with van der Waals surface area (Å²) in [6.45, 7) is 0. The molecule has 0 aliphatic rings. The van der Waals surface area contributed by atoms with Crippen LogP contribution >= 0.6 is 0 Å². The monoisotopic (exact) mass is 627 g/mol. The van der Waals surface area contributed by atoms with Crippen molar-refractivity contribution in [3.05, 3.63) is 176 Å². The van der Waals surface area contributed by atoms with Crippen molar-refractivity contribution in [3.8, 4) is 16.8 Å². The fourth-order valence-corrected chi connectivity index (χ4v) is 7.42. The number of benzene rings is 7. The van der Waals surface area contributed by atoms with Crippen LogP contribution in [0.5, 0.6) is 0 Å². The summed E-state index contributed by atoms with van der Waals surface area (Å²) in [7, 11) is 0. The SMILES string of the molecule is c1ccc(-c2ccc(N(c3ccc4c(c3)c3ccccc3n4-c3ccccc3)c3cccc4c3ncc3oc5ccccc5c34)cc2)cc1. The van der Waals surface area contributed by atoms with E-state index >= 15 is 0 Å². The summed E-state index contributed by atoms with van der Waals surface area (Å²) in [5, 5.41) is 5.65. The molecule has 0 saturated heterocycles. The summed E-state index contributed by atoms with van der Waals surface area (Å²) in [5.41, 5.74) is 11.5. The summed E-state index contributed by atoms with van der Waals surface area (Å²) in [5.74, 6) is 0. The standard InChI is InChI=1S/C45H29N3O/c1-3-12-30(13-4-1)31-22-24-33(25-23-31)47(41-20-11-18-37-44-36-17-8-10-21-42(36)49-43(44)29-46-45(37)41)34-26-27-40-38(28-34)35-16-7-9-19-39(35)48(40)32-14-5-2-6-15-32/h1-29H. The van der Waals surface area contributed by atoms with E-state index in [-0.39, 0.29) is 0 Å². The fourth-order valence-electron chi connectivity index (χ4n) is 7.42. The van der Waals surface area contributed by atoms with Crippen molar-refractivity contribution >= 4 is 71.7 Å². The van der Waals surface area contributed by atoms with E-state index in [1.165, 1.54) is 27.4 Å². The molecule has 3 aromatic heterocycles. The van der Waals surface area contributed by atoms with Gasteiger partial charge in [0.1, 0.15) is 5.58 Å². The van der Waals surface area contributed by atoms with Gasteiger partial charge in [0.2, 0.25) is 0 Å². The molecule has 49 heavy (non-hydrogen) atoms. The molecule has 0 bridgehead atoms. The van der Waals surface area contributed by atoms with E-state index in [0.29, 0.717) is 0 Å². The van der Waals surface area contributed by atoms with E-state index in [4.69, 9.17) is 9.40 Å². The molecular formula is C45H29N3O. The van der Waals surface area contributed by atoms with Crippen LogP contribution in [0.15, 0.2) is 180 Å². The molecule has 0 radical (unpaired) electrons. The Labute approximate surface area is 282 Å². The highest BCUT2D eigenvalue weighted by Crippen LogP contribution is 2.44. The molecule has 0 N–H and O–H groups in total. The summed E-state index contributed by atoms with van der Waals surface area (Å²) >= 11 is 0. The van der Waals surface area contributed by atoms with Gasteiger partial charge in [0, 0.05) is 44.0 Å². The molecule has 0 spiro atoms. The van der Waals surface area contributed by atoms with Crippen molar-refractivity contribution in [2.75, 3.05) is 4.90 Å². The molecule has 3 heterocycles. The molecule has 7 aromatic carbocycles. The average Bonchev–Trinajstić information content (AvgIpc) is 3.72. The zero-order chi connectivity index (χ0) is 32.3. The van der Waals surface area contributed by atoms with Crippen molar-refractivity contribution in [3.63, 3.8) is 0 Å². The van der Waals surface area contributed by atoms with E-state index in [9.17, 15) is 0 Å². The highest BCUT2D eigenvalue weighted by Gasteiger charge is 2.21. The second-order valence-electron chi connectivity index (χ2n) is 12.4. The molecule has 4 heteroatoms. The molecular weight excluding hydrogens is 599 g/mol. The fraction of sp³-hybridized carbons (Fsp3) is 0. The molecule has 0 saturated carbocycles. The zero-order valence-corrected chi connectivity index (χ0v) is 26.5. The summed E-state index contributed by atoms with van der Waals surface area (Å²) < 4.78 is 8.59. The van der Waals surface area contributed by atoms with Crippen LogP contribution in [-0.2, 0) is 0 Å². The van der Waals surface area contributed by atoms with Gasteiger partial charge in [0.25, 0.3) is 0 Å². The van der Waals surface area contributed by atoms with Crippen molar-refractivity contribution in [1.82, 2.24) is 9.55 Å². The van der Waals surface area contributed by atoms with Crippen molar-refractivity contribution in [2.24, 2.45) is 0 Å².